The molecule has 0 saturated carbocycles. The van der Waals surface area contributed by atoms with E-state index in [1.165, 1.54) is 22.4 Å². The third-order valence-electron chi connectivity index (χ3n) is 2.96. The third-order valence-corrected chi connectivity index (χ3v) is 4.51. The fraction of sp³-hybridized carbons (Fsp3) is 0.286. The average molecular weight is 212 g/mol. The highest BCUT2D eigenvalue weighted by Gasteiger charge is 2.04. The Morgan fingerprint density at radius 1 is 1.27 bits per heavy atom. The van der Waals surface area contributed by atoms with Crippen molar-refractivity contribution >= 4 is 14.7 Å². The van der Waals surface area contributed by atoms with Gasteiger partial charge in [-0.3, -0.25) is 0 Å². The molecule has 0 fully saturated rings. The Hall–Kier alpha value is -1.08. The first kappa shape index (κ1) is 10.4. The van der Waals surface area contributed by atoms with E-state index in [0.29, 0.717) is 0 Å². The van der Waals surface area contributed by atoms with Crippen molar-refractivity contribution in [1.82, 2.24) is 0 Å². The normalized spacial score (nSPS) is 14.4. The first-order valence-electron chi connectivity index (χ1n) is 5.42. The van der Waals surface area contributed by atoms with Crippen molar-refractivity contribution in [2.45, 2.75) is 26.3 Å². The lowest BCUT2D eigenvalue weighted by atomic mass is 10.1. The molecule has 0 atom stereocenters. The van der Waals surface area contributed by atoms with Gasteiger partial charge in [0.1, 0.15) is 0 Å². The molecule has 0 bridgehead atoms. The zero-order chi connectivity index (χ0) is 10.7. The summed E-state index contributed by atoms with van der Waals surface area (Å²) in [4.78, 5) is 0. The van der Waals surface area contributed by atoms with Crippen LogP contribution in [0.1, 0.15) is 17.5 Å². The molecule has 0 amide bonds. The fourth-order valence-corrected chi connectivity index (χ4v) is 3.13. The predicted octanol–water partition coefficient (Wildman–Crippen LogP) is 2.94. The van der Waals surface area contributed by atoms with E-state index in [0.717, 1.165) is 15.9 Å². The molecule has 0 saturated heterocycles. The van der Waals surface area contributed by atoms with Gasteiger partial charge in [0.2, 0.25) is 0 Å². The number of hydrogen-bond acceptors (Lipinski definition) is 0. The van der Waals surface area contributed by atoms with Gasteiger partial charge >= 0.3 is 0 Å². The molecule has 76 valence electrons. The van der Waals surface area contributed by atoms with Crippen LogP contribution >= 0.6 is 0 Å². The highest BCUT2D eigenvalue weighted by Crippen LogP contribution is 2.14. The topological polar surface area (TPSA) is 0 Å². The highest BCUT2D eigenvalue weighted by atomic mass is 28.2. The van der Waals surface area contributed by atoms with Crippen molar-refractivity contribution in [1.29, 1.82) is 0 Å². The smallest absolute Gasteiger partial charge is 0.0805 e. The fourth-order valence-electron chi connectivity index (χ4n) is 1.77. The number of benzene rings is 1. The Morgan fingerprint density at radius 2 is 2.13 bits per heavy atom. The maximum atomic E-state index is 2.27. The van der Waals surface area contributed by atoms with Crippen LogP contribution in [0.15, 0.2) is 42.0 Å². The van der Waals surface area contributed by atoms with Crippen LogP contribution in [0.5, 0.6) is 0 Å². The number of aryl methyl sites for hydroxylation is 1. The summed E-state index contributed by atoms with van der Waals surface area (Å²) in [7, 11) is 0.925. The van der Waals surface area contributed by atoms with Gasteiger partial charge in [-0.1, -0.05) is 47.2 Å². The molecule has 15 heavy (non-hydrogen) atoms. The van der Waals surface area contributed by atoms with E-state index in [4.69, 9.17) is 0 Å². The van der Waals surface area contributed by atoms with Gasteiger partial charge in [-0.05, 0) is 37.4 Å². The molecule has 1 aromatic rings. The zero-order valence-electron chi connectivity index (χ0n) is 9.38. The summed E-state index contributed by atoms with van der Waals surface area (Å²) in [6, 6.07) is 7.87. The Labute approximate surface area is 94.5 Å². The van der Waals surface area contributed by atoms with Crippen molar-refractivity contribution in [3.8, 4) is 0 Å². The molecule has 1 aliphatic carbocycles. The van der Waals surface area contributed by atoms with Crippen LogP contribution in [0.2, 0.25) is 6.04 Å². The zero-order valence-corrected chi connectivity index (χ0v) is 10.4. The first-order valence-corrected chi connectivity index (χ1v) is 6.63. The molecular weight excluding hydrogens is 196 g/mol. The van der Waals surface area contributed by atoms with E-state index in [2.05, 4.69) is 50.3 Å². The predicted molar refractivity (Wildman–Crippen MR) is 68.0 cm³/mol. The van der Waals surface area contributed by atoms with Crippen molar-refractivity contribution in [3.63, 3.8) is 0 Å². The van der Waals surface area contributed by atoms with Crippen molar-refractivity contribution < 1.29 is 0 Å². The van der Waals surface area contributed by atoms with E-state index in [1.807, 2.05) is 0 Å². The quantitative estimate of drug-likeness (QED) is 0.676. The summed E-state index contributed by atoms with van der Waals surface area (Å²) in [6.07, 6.45) is 7.84. The van der Waals surface area contributed by atoms with Crippen LogP contribution in [0.3, 0.4) is 0 Å². The largest absolute Gasteiger partial charge is 0.0856 e. The summed E-state index contributed by atoms with van der Waals surface area (Å²) in [5, 5.41) is 1.53. The molecule has 2 radical (unpaired) electrons. The minimum absolute atomic E-state index is 0.925. The molecule has 0 unspecified atom stereocenters. The lowest BCUT2D eigenvalue weighted by molar-refractivity contribution is 1.24. The van der Waals surface area contributed by atoms with Gasteiger partial charge in [-0.25, -0.2) is 0 Å². The van der Waals surface area contributed by atoms with Crippen molar-refractivity contribution in [3.05, 3.63) is 53.1 Å². The third kappa shape index (κ3) is 2.48. The molecule has 2 rings (SSSR count). The summed E-state index contributed by atoms with van der Waals surface area (Å²) >= 11 is 0. The second-order valence-electron chi connectivity index (χ2n) is 4.06. The van der Waals surface area contributed by atoms with Crippen LogP contribution in [-0.4, -0.2) is 9.52 Å². The maximum Gasteiger partial charge on any atom is 0.0856 e. The summed E-state index contributed by atoms with van der Waals surface area (Å²) in [5.74, 6) is 0. The molecule has 1 aliphatic rings. The summed E-state index contributed by atoms with van der Waals surface area (Å²) in [6.45, 7) is 4.43. The molecular formula is C14H16Si. The molecule has 0 spiro atoms. The van der Waals surface area contributed by atoms with E-state index >= 15 is 0 Å². The highest BCUT2D eigenvalue weighted by molar-refractivity contribution is 6.54. The lowest BCUT2D eigenvalue weighted by Crippen LogP contribution is -2.18. The first-order chi connectivity index (χ1) is 7.27. The van der Waals surface area contributed by atoms with Gasteiger partial charge in [0, 0.05) is 0 Å². The lowest BCUT2D eigenvalue weighted by Gasteiger charge is -2.07. The van der Waals surface area contributed by atoms with Gasteiger partial charge in [0.15, 0.2) is 0 Å². The Bertz CT molecular complexity index is 413. The number of rotatable bonds is 3. The van der Waals surface area contributed by atoms with E-state index in [9.17, 15) is 0 Å². The van der Waals surface area contributed by atoms with Crippen LogP contribution in [-0.2, 0) is 0 Å². The van der Waals surface area contributed by atoms with E-state index in [-0.39, 0.29) is 0 Å². The molecule has 1 heteroatoms. The number of allylic oxidation sites excluding steroid dienone is 4. The molecule has 0 aromatic heterocycles. The second kappa shape index (κ2) is 4.62. The Balaban J connectivity index is 2.02. The minimum atomic E-state index is 0.925. The van der Waals surface area contributed by atoms with Gasteiger partial charge in [-0.15, -0.1) is 0 Å². The maximum absolute atomic E-state index is 2.27. The van der Waals surface area contributed by atoms with Crippen LogP contribution in [0, 0.1) is 13.8 Å². The van der Waals surface area contributed by atoms with Gasteiger partial charge in [0.25, 0.3) is 0 Å². The summed E-state index contributed by atoms with van der Waals surface area (Å²) in [5.41, 5.74) is 4.47. The van der Waals surface area contributed by atoms with Crippen LogP contribution < -0.4 is 5.19 Å². The van der Waals surface area contributed by atoms with Crippen LogP contribution in [0.4, 0.5) is 0 Å². The van der Waals surface area contributed by atoms with E-state index < -0.39 is 0 Å². The molecule has 0 heterocycles. The van der Waals surface area contributed by atoms with Crippen LogP contribution in [0.25, 0.3) is 0 Å². The second-order valence-corrected chi connectivity index (χ2v) is 5.30. The minimum Gasteiger partial charge on any atom is -0.0805 e. The van der Waals surface area contributed by atoms with Crippen molar-refractivity contribution in [2.75, 3.05) is 0 Å². The van der Waals surface area contributed by atoms with E-state index in [1.54, 1.807) is 5.57 Å². The van der Waals surface area contributed by atoms with Crippen molar-refractivity contribution in [2.24, 2.45) is 0 Å². The standard InChI is InChI=1S/C14H16Si/c1-11-6-5-9-14(12(11)2)15-10-13-7-3-4-8-13/h3-7,9H,8,10H2,1-2H3. The monoisotopic (exact) mass is 212 g/mol. The van der Waals surface area contributed by atoms with Gasteiger partial charge < -0.3 is 0 Å². The average Bonchev–Trinajstić information content (AvgIpc) is 2.73. The molecule has 1 aromatic carbocycles. The molecule has 0 N–H and O–H groups in total. The Kier molecular flexibility index (Phi) is 3.22. The summed E-state index contributed by atoms with van der Waals surface area (Å²) < 4.78 is 0. The SMILES string of the molecule is Cc1cccc([Si]CC2=CC=CC2)c1C. The van der Waals surface area contributed by atoms with Gasteiger partial charge in [0.05, 0.1) is 9.52 Å². The molecule has 0 aliphatic heterocycles. The van der Waals surface area contributed by atoms with Gasteiger partial charge in [-0.2, -0.15) is 0 Å². The molecule has 0 nitrogen and oxygen atoms in total. The Morgan fingerprint density at radius 3 is 2.87 bits per heavy atom. The number of hydrogen-bond donors (Lipinski definition) is 0.